The zero-order chi connectivity index (χ0) is 15.4. The summed E-state index contributed by atoms with van der Waals surface area (Å²) in [6.07, 6.45) is 0.493. The molecule has 6 nitrogen and oxygen atoms in total. The Bertz CT molecular complexity index is 731. The Kier molecular flexibility index (Phi) is 4.74. The maximum absolute atomic E-state index is 11.9. The Hall–Kier alpha value is -2.15. The molecule has 112 valence electrons. The van der Waals surface area contributed by atoms with Crippen LogP contribution >= 0.6 is 11.3 Å². The summed E-state index contributed by atoms with van der Waals surface area (Å²) in [5.74, 6) is -0.124. The topological polar surface area (TPSA) is 94.8 Å². The lowest BCUT2D eigenvalue weighted by atomic mass is 10.1. The van der Waals surface area contributed by atoms with Gasteiger partial charge in [0.1, 0.15) is 0 Å². The van der Waals surface area contributed by atoms with Crippen LogP contribution in [-0.4, -0.2) is 15.9 Å². The summed E-state index contributed by atoms with van der Waals surface area (Å²) < 4.78 is 0. The van der Waals surface area contributed by atoms with Crippen molar-refractivity contribution in [1.29, 1.82) is 0 Å². The fourth-order valence-corrected chi connectivity index (χ4v) is 2.82. The number of hydrogen-bond acceptors (Lipinski definition) is 4. The molecular weight excluding hydrogens is 290 g/mol. The quantitative estimate of drug-likeness (QED) is 0.775. The van der Waals surface area contributed by atoms with E-state index >= 15 is 0 Å². The Morgan fingerprint density at radius 3 is 2.76 bits per heavy atom. The molecule has 2 aromatic rings. The van der Waals surface area contributed by atoms with Gasteiger partial charge in [-0.2, -0.15) is 0 Å². The Morgan fingerprint density at radius 1 is 1.38 bits per heavy atom. The molecule has 3 N–H and O–H groups in total. The summed E-state index contributed by atoms with van der Waals surface area (Å²) in [6.45, 7) is 3.57. The zero-order valence-electron chi connectivity index (χ0n) is 11.9. The summed E-state index contributed by atoms with van der Waals surface area (Å²) in [7, 11) is 0. The Balaban J connectivity index is 1.96. The number of carbonyl (C=O) groups is 1. The van der Waals surface area contributed by atoms with Crippen LogP contribution in [0, 0.1) is 6.92 Å². The van der Waals surface area contributed by atoms with Crippen LogP contribution in [0.25, 0.3) is 0 Å². The lowest BCUT2D eigenvalue weighted by Crippen LogP contribution is -2.30. The molecule has 0 saturated heterocycles. The largest absolute Gasteiger partial charge is 0.349 e. The molecular formula is C14H17N3O3S. The minimum absolute atomic E-state index is 0.0486. The molecule has 0 radical (unpaired) electrons. The molecule has 1 atom stereocenters. The molecule has 0 fully saturated rings. The molecule has 2 aromatic heterocycles. The predicted octanol–water partition coefficient (Wildman–Crippen LogP) is 1.24. The number of aromatic amines is 2. The van der Waals surface area contributed by atoms with Crippen molar-refractivity contribution in [2.45, 2.75) is 32.7 Å². The molecule has 1 unspecified atom stereocenters. The van der Waals surface area contributed by atoms with E-state index in [9.17, 15) is 14.4 Å². The van der Waals surface area contributed by atoms with Crippen LogP contribution in [0.2, 0.25) is 0 Å². The highest BCUT2D eigenvalue weighted by molar-refractivity contribution is 7.10. The third kappa shape index (κ3) is 3.91. The minimum atomic E-state index is -0.531. The number of amides is 1. The van der Waals surface area contributed by atoms with Crippen LogP contribution in [0.5, 0.6) is 0 Å². The first-order valence-corrected chi connectivity index (χ1v) is 7.50. The van der Waals surface area contributed by atoms with Crippen molar-refractivity contribution in [2.75, 3.05) is 0 Å². The van der Waals surface area contributed by atoms with Crippen molar-refractivity contribution in [1.82, 2.24) is 15.3 Å². The third-order valence-corrected chi connectivity index (χ3v) is 4.26. The van der Waals surface area contributed by atoms with E-state index in [1.807, 2.05) is 24.4 Å². The van der Waals surface area contributed by atoms with E-state index in [4.69, 9.17) is 0 Å². The zero-order valence-corrected chi connectivity index (χ0v) is 12.7. The SMILES string of the molecule is Cc1[nH]c(=O)[nH]c(=O)c1CCC(=O)NC(C)c1cccs1. The molecule has 2 rings (SSSR count). The highest BCUT2D eigenvalue weighted by Gasteiger charge is 2.12. The first-order valence-electron chi connectivity index (χ1n) is 6.62. The van der Waals surface area contributed by atoms with Crippen molar-refractivity contribution in [2.24, 2.45) is 0 Å². The van der Waals surface area contributed by atoms with Gasteiger partial charge in [-0.1, -0.05) is 6.07 Å². The van der Waals surface area contributed by atoms with Gasteiger partial charge in [0.15, 0.2) is 0 Å². The average Bonchev–Trinajstić information content (AvgIpc) is 2.91. The number of thiophene rings is 1. The van der Waals surface area contributed by atoms with Gasteiger partial charge in [0.25, 0.3) is 5.56 Å². The van der Waals surface area contributed by atoms with Crippen molar-refractivity contribution >= 4 is 17.2 Å². The molecule has 0 spiro atoms. The molecule has 0 aliphatic carbocycles. The number of carbonyl (C=O) groups excluding carboxylic acids is 1. The highest BCUT2D eigenvalue weighted by atomic mass is 32.1. The van der Waals surface area contributed by atoms with Crippen molar-refractivity contribution in [3.05, 3.63) is 54.5 Å². The second kappa shape index (κ2) is 6.53. The predicted molar refractivity (Wildman–Crippen MR) is 81.6 cm³/mol. The minimum Gasteiger partial charge on any atom is -0.349 e. The number of aryl methyl sites for hydroxylation is 1. The molecule has 0 aromatic carbocycles. The fraction of sp³-hybridized carbons (Fsp3) is 0.357. The number of H-pyrrole nitrogens is 2. The van der Waals surface area contributed by atoms with Crippen LogP contribution in [0.4, 0.5) is 0 Å². The molecule has 21 heavy (non-hydrogen) atoms. The molecule has 0 aliphatic rings. The number of nitrogens with one attached hydrogen (secondary N) is 3. The van der Waals surface area contributed by atoms with E-state index in [-0.39, 0.29) is 18.4 Å². The molecule has 0 bridgehead atoms. The summed E-state index contributed by atoms with van der Waals surface area (Å²) in [5, 5.41) is 4.85. The molecule has 0 saturated carbocycles. The van der Waals surface area contributed by atoms with Crippen LogP contribution in [0.1, 0.15) is 35.5 Å². The van der Waals surface area contributed by atoms with Gasteiger partial charge in [-0.15, -0.1) is 11.3 Å². The Morgan fingerprint density at radius 2 is 2.14 bits per heavy atom. The first kappa shape index (κ1) is 15.2. The summed E-state index contributed by atoms with van der Waals surface area (Å²) in [4.78, 5) is 40.5. The smallest absolute Gasteiger partial charge is 0.325 e. The molecule has 0 aliphatic heterocycles. The van der Waals surface area contributed by atoms with Gasteiger partial charge in [0.2, 0.25) is 5.91 Å². The van der Waals surface area contributed by atoms with Crippen LogP contribution in [0.3, 0.4) is 0 Å². The van der Waals surface area contributed by atoms with E-state index in [0.717, 1.165) is 4.88 Å². The standard InChI is InChI=1S/C14H17N3O3S/c1-8-10(13(19)17-14(20)16-8)5-6-12(18)15-9(2)11-4-3-7-21-11/h3-4,7,9H,5-6H2,1-2H3,(H,15,18)(H2,16,17,19,20). The average molecular weight is 307 g/mol. The van der Waals surface area contributed by atoms with E-state index in [2.05, 4.69) is 15.3 Å². The van der Waals surface area contributed by atoms with Crippen molar-refractivity contribution < 1.29 is 4.79 Å². The summed E-state index contributed by atoms with van der Waals surface area (Å²) in [5.41, 5.74) is -0.0243. The summed E-state index contributed by atoms with van der Waals surface area (Å²) in [6, 6.07) is 3.85. The molecule has 7 heteroatoms. The Labute approximate surface area is 125 Å². The van der Waals surface area contributed by atoms with Crippen LogP contribution < -0.4 is 16.6 Å². The van der Waals surface area contributed by atoms with Gasteiger partial charge in [0.05, 0.1) is 6.04 Å². The van der Waals surface area contributed by atoms with Crippen LogP contribution in [0.15, 0.2) is 27.1 Å². The van der Waals surface area contributed by atoms with Gasteiger partial charge >= 0.3 is 5.69 Å². The molecule has 2 heterocycles. The number of aromatic nitrogens is 2. The maximum atomic E-state index is 11.9. The van der Waals surface area contributed by atoms with Crippen molar-refractivity contribution in [3.63, 3.8) is 0 Å². The first-order chi connectivity index (χ1) is 9.97. The highest BCUT2D eigenvalue weighted by Crippen LogP contribution is 2.18. The maximum Gasteiger partial charge on any atom is 0.325 e. The third-order valence-electron chi connectivity index (χ3n) is 3.20. The monoisotopic (exact) mass is 307 g/mol. The second-order valence-corrected chi connectivity index (χ2v) is 5.80. The van der Waals surface area contributed by atoms with Gasteiger partial charge in [-0.3, -0.25) is 14.6 Å². The van der Waals surface area contributed by atoms with E-state index in [0.29, 0.717) is 17.7 Å². The van der Waals surface area contributed by atoms with Gasteiger partial charge in [-0.25, -0.2) is 4.79 Å². The lowest BCUT2D eigenvalue weighted by Gasteiger charge is -2.12. The van der Waals surface area contributed by atoms with Crippen LogP contribution in [-0.2, 0) is 11.2 Å². The van der Waals surface area contributed by atoms with E-state index < -0.39 is 11.2 Å². The van der Waals surface area contributed by atoms with E-state index in [1.54, 1.807) is 18.3 Å². The van der Waals surface area contributed by atoms with E-state index in [1.165, 1.54) is 0 Å². The number of rotatable bonds is 5. The molecule has 1 amide bonds. The lowest BCUT2D eigenvalue weighted by molar-refractivity contribution is -0.121. The second-order valence-electron chi connectivity index (χ2n) is 4.82. The van der Waals surface area contributed by atoms with Crippen molar-refractivity contribution in [3.8, 4) is 0 Å². The summed E-state index contributed by atoms with van der Waals surface area (Å²) >= 11 is 1.58. The van der Waals surface area contributed by atoms with Gasteiger partial charge < -0.3 is 10.3 Å². The fourth-order valence-electron chi connectivity index (χ4n) is 2.09. The number of hydrogen-bond donors (Lipinski definition) is 3. The van der Waals surface area contributed by atoms with Gasteiger partial charge in [-0.05, 0) is 31.7 Å². The van der Waals surface area contributed by atoms with Gasteiger partial charge in [0, 0.05) is 22.6 Å². The normalized spacial score (nSPS) is 12.1.